The van der Waals surface area contributed by atoms with E-state index in [4.69, 9.17) is 0 Å². The van der Waals surface area contributed by atoms with Gasteiger partial charge in [-0.2, -0.15) is 13.2 Å². The molecule has 2 amide bonds. The lowest BCUT2D eigenvalue weighted by Gasteiger charge is -2.46. The maximum Gasteiger partial charge on any atom is 0.471 e. The molecule has 0 aromatic heterocycles. The van der Waals surface area contributed by atoms with Gasteiger partial charge in [0.1, 0.15) is 0 Å². The summed E-state index contributed by atoms with van der Waals surface area (Å²) in [6, 6.07) is -0.150. The zero-order valence-corrected chi connectivity index (χ0v) is 12.9. The first kappa shape index (κ1) is 15.2. The Balaban J connectivity index is 1.48. The van der Waals surface area contributed by atoms with Crippen LogP contribution in [0.4, 0.5) is 13.2 Å². The molecule has 0 radical (unpaired) electrons. The van der Waals surface area contributed by atoms with E-state index < -0.39 is 23.7 Å². The Kier molecular flexibility index (Phi) is 3.06. The number of hydrogen-bond acceptors (Lipinski definition) is 3. The lowest BCUT2D eigenvalue weighted by molar-refractivity contribution is -0.193. The normalized spacial score (nSPS) is 37.7. The first-order valence-corrected chi connectivity index (χ1v) is 8.17. The number of rotatable bonds is 1. The fourth-order valence-corrected chi connectivity index (χ4v) is 4.15. The maximum absolute atomic E-state index is 12.8. The third kappa shape index (κ3) is 2.42. The van der Waals surface area contributed by atoms with Crippen LogP contribution in [0.1, 0.15) is 32.6 Å². The maximum atomic E-state index is 12.8. The van der Waals surface area contributed by atoms with Gasteiger partial charge >= 0.3 is 12.1 Å². The van der Waals surface area contributed by atoms with Crippen LogP contribution in [0.2, 0.25) is 0 Å². The number of halogens is 3. The Morgan fingerprint density at radius 2 is 1.91 bits per heavy atom. The van der Waals surface area contributed by atoms with E-state index in [2.05, 4.69) is 5.32 Å². The highest BCUT2D eigenvalue weighted by Gasteiger charge is 2.60. The molecule has 2 saturated heterocycles. The molecular weight excluding hydrogens is 311 g/mol. The zero-order chi connectivity index (χ0) is 16.6. The van der Waals surface area contributed by atoms with E-state index in [1.54, 1.807) is 11.8 Å². The number of carbonyl (C=O) groups excluding carboxylic acids is 2. The van der Waals surface area contributed by atoms with Crippen LogP contribution >= 0.6 is 0 Å². The van der Waals surface area contributed by atoms with Crippen LogP contribution in [-0.4, -0.2) is 64.5 Å². The summed E-state index contributed by atoms with van der Waals surface area (Å²) in [6.07, 6.45) is -1.83. The first-order valence-electron chi connectivity index (χ1n) is 8.17. The van der Waals surface area contributed by atoms with Gasteiger partial charge in [0.2, 0.25) is 5.91 Å². The van der Waals surface area contributed by atoms with Crippen LogP contribution in [0, 0.1) is 5.92 Å². The van der Waals surface area contributed by atoms with Gasteiger partial charge in [-0.15, -0.1) is 0 Å². The van der Waals surface area contributed by atoms with E-state index >= 15 is 0 Å². The Morgan fingerprint density at radius 1 is 1.22 bits per heavy atom. The third-order valence-corrected chi connectivity index (χ3v) is 5.79. The van der Waals surface area contributed by atoms with Crippen LogP contribution < -0.4 is 5.32 Å². The minimum atomic E-state index is -4.85. The van der Waals surface area contributed by atoms with E-state index in [1.807, 2.05) is 0 Å². The average Bonchev–Trinajstić information content (AvgIpc) is 3.38. The van der Waals surface area contributed by atoms with Gasteiger partial charge in [-0.3, -0.25) is 9.59 Å². The van der Waals surface area contributed by atoms with E-state index in [9.17, 15) is 22.8 Å². The van der Waals surface area contributed by atoms with E-state index in [1.165, 1.54) is 0 Å². The van der Waals surface area contributed by atoms with Crippen LogP contribution in [0.5, 0.6) is 0 Å². The molecular formula is C15H20F3N3O2. The molecule has 128 valence electrons. The molecule has 1 N–H and O–H groups in total. The molecule has 2 aliphatic heterocycles. The summed E-state index contributed by atoms with van der Waals surface area (Å²) in [5.41, 5.74) is -0.795. The monoisotopic (exact) mass is 331 g/mol. The standard InChI is InChI=1S/C15H20F3N3O2/c1-8-6-21(13(23)15(16,17)18)14(2-3-14)7-20(8)12(22)11-5-9-4-10(9)19-11/h8-11,19H,2-7H2,1H3/t8-,9-,10+,11-/m0/s1. The van der Waals surface area contributed by atoms with Gasteiger partial charge in [0.15, 0.2) is 0 Å². The molecule has 5 nitrogen and oxygen atoms in total. The van der Waals surface area contributed by atoms with Crippen LogP contribution in [0.15, 0.2) is 0 Å². The second-order valence-electron chi connectivity index (χ2n) is 7.51. The molecule has 2 heterocycles. The predicted molar refractivity (Wildman–Crippen MR) is 74.3 cm³/mol. The van der Waals surface area contributed by atoms with Crippen molar-refractivity contribution >= 4 is 11.8 Å². The van der Waals surface area contributed by atoms with Crippen molar-refractivity contribution in [3.63, 3.8) is 0 Å². The topological polar surface area (TPSA) is 52.7 Å². The Bertz CT molecular complexity index is 551. The van der Waals surface area contributed by atoms with Gasteiger partial charge in [0.25, 0.3) is 0 Å². The molecule has 0 bridgehead atoms. The van der Waals surface area contributed by atoms with Crippen molar-refractivity contribution in [2.45, 2.75) is 62.4 Å². The van der Waals surface area contributed by atoms with Gasteiger partial charge in [0.05, 0.1) is 11.6 Å². The molecule has 4 atom stereocenters. The van der Waals surface area contributed by atoms with Gasteiger partial charge in [0, 0.05) is 25.2 Å². The number of nitrogens with zero attached hydrogens (tertiary/aromatic N) is 2. The Hall–Kier alpha value is -1.31. The largest absolute Gasteiger partial charge is 0.471 e. The van der Waals surface area contributed by atoms with Crippen molar-refractivity contribution in [1.29, 1.82) is 0 Å². The van der Waals surface area contributed by atoms with Crippen molar-refractivity contribution in [3.05, 3.63) is 0 Å². The smallest absolute Gasteiger partial charge is 0.335 e. The highest BCUT2D eigenvalue weighted by Crippen LogP contribution is 2.47. The molecule has 2 saturated carbocycles. The average molecular weight is 331 g/mol. The first-order chi connectivity index (χ1) is 10.7. The molecule has 4 fully saturated rings. The summed E-state index contributed by atoms with van der Waals surface area (Å²) in [6.45, 7) is 1.91. The van der Waals surface area contributed by atoms with Crippen molar-refractivity contribution in [2.75, 3.05) is 13.1 Å². The summed E-state index contributed by atoms with van der Waals surface area (Å²) in [5.74, 6) is -1.20. The van der Waals surface area contributed by atoms with Gasteiger partial charge < -0.3 is 15.1 Å². The number of alkyl halides is 3. The molecule has 1 spiro atoms. The number of piperazine rings is 1. The van der Waals surface area contributed by atoms with Crippen molar-refractivity contribution in [3.8, 4) is 0 Å². The zero-order valence-electron chi connectivity index (χ0n) is 12.9. The lowest BCUT2D eigenvalue weighted by Crippen LogP contribution is -2.65. The summed E-state index contributed by atoms with van der Waals surface area (Å²) < 4.78 is 38.4. The van der Waals surface area contributed by atoms with E-state index in [0.717, 1.165) is 17.7 Å². The highest BCUT2D eigenvalue weighted by molar-refractivity contribution is 5.86. The van der Waals surface area contributed by atoms with Gasteiger partial charge in [-0.05, 0) is 38.5 Å². The number of nitrogens with one attached hydrogen (secondary N) is 1. The highest BCUT2D eigenvalue weighted by atomic mass is 19.4. The number of amides is 2. The molecule has 23 heavy (non-hydrogen) atoms. The molecule has 4 aliphatic rings. The minimum absolute atomic E-state index is 0.0184. The summed E-state index contributed by atoms with van der Waals surface area (Å²) in [7, 11) is 0. The quantitative estimate of drug-likeness (QED) is 0.776. The number of hydrogen-bond donors (Lipinski definition) is 1. The summed E-state index contributed by atoms with van der Waals surface area (Å²) >= 11 is 0. The van der Waals surface area contributed by atoms with Crippen molar-refractivity contribution in [1.82, 2.24) is 15.1 Å². The Morgan fingerprint density at radius 3 is 2.43 bits per heavy atom. The number of carbonyl (C=O) groups is 2. The SMILES string of the molecule is C[C@H]1CN(C(=O)C(F)(F)F)C2(CC2)CN1C(=O)[C@@H]1C[C@@H]2C[C@H]2N1. The fraction of sp³-hybridized carbons (Fsp3) is 0.867. The van der Waals surface area contributed by atoms with Gasteiger partial charge in [-0.1, -0.05) is 0 Å². The minimum Gasteiger partial charge on any atom is -0.335 e. The second-order valence-corrected chi connectivity index (χ2v) is 7.51. The second kappa shape index (κ2) is 4.62. The number of fused-ring (bicyclic) bond motifs is 1. The number of piperidine rings is 1. The van der Waals surface area contributed by atoms with Crippen LogP contribution in [0.25, 0.3) is 0 Å². The summed E-state index contributed by atoms with van der Waals surface area (Å²) in [4.78, 5) is 27.0. The molecule has 0 aromatic carbocycles. The van der Waals surface area contributed by atoms with Crippen LogP contribution in [0.3, 0.4) is 0 Å². The van der Waals surface area contributed by atoms with Gasteiger partial charge in [-0.25, -0.2) is 0 Å². The molecule has 2 aliphatic carbocycles. The van der Waals surface area contributed by atoms with Crippen LogP contribution in [-0.2, 0) is 9.59 Å². The van der Waals surface area contributed by atoms with Crippen molar-refractivity contribution in [2.24, 2.45) is 5.92 Å². The van der Waals surface area contributed by atoms with E-state index in [0.29, 0.717) is 24.8 Å². The predicted octanol–water partition coefficient (Wildman–Crippen LogP) is 0.891. The Labute approximate surface area is 132 Å². The fourth-order valence-electron chi connectivity index (χ4n) is 4.15. The molecule has 0 unspecified atom stereocenters. The molecule has 0 aromatic rings. The molecule has 8 heteroatoms. The molecule has 4 rings (SSSR count). The third-order valence-electron chi connectivity index (χ3n) is 5.79. The van der Waals surface area contributed by atoms with Crippen molar-refractivity contribution < 1.29 is 22.8 Å². The summed E-state index contributed by atoms with van der Waals surface area (Å²) in [5, 5.41) is 3.30. The van der Waals surface area contributed by atoms with E-state index in [-0.39, 0.29) is 25.0 Å². The lowest BCUT2D eigenvalue weighted by atomic mass is 10.0.